The second-order valence-corrected chi connectivity index (χ2v) is 5.58. The Balaban J connectivity index is 1.84. The van der Waals surface area contributed by atoms with Gasteiger partial charge in [0.1, 0.15) is 5.54 Å². The third kappa shape index (κ3) is 2.33. The van der Waals surface area contributed by atoms with Crippen molar-refractivity contribution >= 4 is 29.4 Å². The Labute approximate surface area is 125 Å². The number of pyridine rings is 1. The van der Waals surface area contributed by atoms with Crippen molar-refractivity contribution in [3.8, 4) is 0 Å². The summed E-state index contributed by atoms with van der Waals surface area (Å²) in [6.07, 6.45) is 4.03. The quantitative estimate of drug-likeness (QED) is 0.741. The summed E-state index contributed by atoms with van der Waals surface area (Å²) in [5, 5.41) is 5.12. The molecule has 0 aromatic carbocycles. The summed E-state index contributed by atoms with van der Waals surface area (Å²) < 4.78 is 0. The van der Waals surface area contributed by atoms with Crippen LogP contribution in [0.15, 0.2) is 18.5 Å². The van der Waals surface area contributed by atoms with Gasteiger partial charge in [-0.1, -0.05) is 11.6 Å². The lowest BCUT2D eigenvalue weighted by Crippen LogP contribution is -2.59. The molecule has 2 fully saturated rings. The Hall–Kier alpha value is -2.15. The third-order valence-electron chi connectivity index (χ3n) is 3.80. The molecule has 1 spiro atoms. The Morgan fingerprint density at radius 2 is 2.24 bits per heavy atom. The van der Waals surface area contributed by atoms with Crippen molar-refractivity contribution in [2.24, 2.45) is 0 Å². The molecule has 2 N–H and O–H groups in total. The van der Waals surface area contributed by atoms with E-state index in [-0.39, 0.29) is 23.4 Å². The summed E-state index contributed by atoms with van der Waals surface area (Å²) in [6, 6.07) is 1.02. The minimum absolute atomic E-state index is 0.141. The normalized spacial score (nSPS) is 24.9. The van der Waals surface area contributed by atoms with Crippen LogP contribution in [0, 0.1) is 0 Å². The maximum atomic E-state index is 12.5. The number of hydrogen-bond acceptors (Lipinski definition) is 4. The fourth-order valence-electron chi connectivity index (χ4n) is 2.76. The van der Waals surface area contributed by atoms with E-state index in [1.807, 2.05) is 0 Å². The van der Waals surface area contributed by atoms with E-state index in [1.165, 1.54) is 17.3 Å². The number of likely N-dealkylation sites (tertiary alicyclic amines) is 1. The van der Waals surface area contributed by atoms with Gasteiger partial charge < -0.3 is 10.2 Å². The Bertz CT molecular complexity index is 636. The molecule has 3 rings (SSSR count). The zero-order chi connectivity index (χ0) is 15.0. The summed E-state index contributed by atoms with van der Waals surface area (Å²) in [5.74, 6) is -0.652. The number of amides is 4. The lowest BCUT2D eigenvalue weighted by atomic mass is 9.89. The fourth-order valence-corrected chi connectivity index (χ4v) is 2.96. The highest BCUT2D eigenvalue weighted by atomic mass is 35.5. The highest BCUT2D eigenvalue weighted by Gasteiger charge is 2.49. The molecule has 7 nitrogen and oxygen atoms in total. The van der Waals surface area contributed by atoms with Crippen LogP contribution in [0.2, 0.25) is 5.02 Å². The molecule has 1 atom stereocenters. The van der Waals surface area contributed by atoms with Gasteiger partial charge in [0.25, 0.3) is 11.8 Å². The number of piperidine rings is 1. The fraction of sp³-hybridized carbons (Fsp3) is 0.385. The van der Waals surface area contributed by atoms with E-state index in [2.05, 4.69) is 15.6 Å². The number of aromatic nitrogens is 1. The number of carbonyl (C=O) groups excluding carboxylic acids is 3. The monoisotopic (exact) mass is 308 g/mol. The van der Waals surface area contributed by atoms with Gasteiger partial charge in [-0.05, 0) is 18.9 Å². The molecule has 2 saturated heterocycles. The van der Waals surface area contributed by atoms with Crippen molar-refractivity contribution in [1.82, 2.24) is 20.5 Å². The molecule has 0 bridgehead atoms. The molecule has 2 aliphatic heterocycles. The van der Waals surface area contributed by atoms with Crippen LogP contribution < -0.4 is 10.6 Å². The van der Waals surface area contributed by atoms with Crippen LogP contribution in [-0.4, -0.2) is 46.4 Å². The van der Waals surface area contributed by atoms with Gasteiger partial charge in [0, 0.05) is 18.9 Å². The molecule has 21 heavy (non-hydrogen) atoms. The number of nitrogens with one attached hydrogen (secondary N) is 2. The average molecular weight is 309 g/mol. The first-order chi connectivity index (χ1) is 10.0. The molecule has 0 aliphatic carbocycles. The van der Waals surface area contributed by atoms with Crippen molar-refractivity contribution in [2.45, 2.75) is 18.4 Å². The summed E-state index contributed by atoms with van der Waals surface area (Å²) in [5.41, 5.74) is -0.682. The SMILES string of the molecule is O=C1NC(=O)C2(CCCN(C(=O)c3ccncc3Cl)C2)N1. The van der Waals surface area contributed by atoms with Gasteiger partial charge in [-0.2, -0.15) is 0 Å². The van der Waals surface area contributed by atoms with Gasteiger partial charge in [-0.15, -0.1) is 0 Å². The van der Waals surface area contributed by atoms with Crippen molar-refractivity contribution in [3.63, 3.8) is 0 Å². The van der Waals surface area contributed by atoms with Crippen LogP contribution in [-0.2, 0) is 4.79 Å². The number of imide groups is 1. The van der Waals surface area contributed by atoms with Crippen molar-refractivity contribution < 1.29 is 14.4 Å². The Kier molecular flexibility index (Phi) is 3.29. The largest absolute Gasteiger partial charge is 0.336 e. The van der Waals surface area contributed by atoms with E-state index in [9.17, 15) is 14.4 Å². The first-order valence-electron chi connectivity index (χ1n) is 6.54. The molecule has 1 unspecified atom stereocenters. The van der Waals surface area contributed by atoms with E-state index < -0.39 is 11.6 Å². The van der Waals surface area contributed by atoms with E-state index >= 15 is 0 Å². The second kappa shape index (κ2) is 5.00. The second-order valence-electron chi connectivity index (χ2n) is 5.18. The molecule has 1 aromatic heterocycles. The molecule has 8 heteroatoms. The maximum Gasteiger partial charge on any atom is 0.322 e. The molecular formula is C13H13ClN4O3. The molecule has 1 aromatic rings. The number of rotatable bonds is 1. The van der Waals surface area contributed by atoms with E-state index in [0.717, 1.165) is 0 Å². The van der Waals surface area contributed by atoms with Crippen LogP contribution in [0.3, 0.4) is 0 Å². The van der Waals surface area contributed by atoms with Crippen molar-refractivity contribution in [3.05, 3.63) is 29.0 Å². The van der Waals surface area contributed by atoms with Gasteiger partial charge in [0.2, 0.25) is 0 Å². The smallest absolute Gasteiger partial charge is 0.322 e. The number of urea groups is 1. The number of halogens is 1. The Morgan fingerprint density at radius 3 is 2.90 bits per heavy atom. The van der Waals surface area contributed by atoms with Gasteiger partial charge in [0.15, 0.2) is 0 Å². The highest BCUT2D eigenvalue weighted by Crippen LogP contribution is 2.26. The number of nitrogens with zero attached hydrogens (tertiary/aromatic N) is 2. The molecule has 0 saturated carbocycles. The molecule has 3 heterocycles. The highest BCUT2D eigenvalue weighted by molar-refractivity contribution is 6.33. The number of hydrogen-bond donors (Lipinski definition) is 2. The zero-order valence-electron chi connectivity index (χ0n) is 11.1. The number of carbonyl (C=O) groups is 3. The van der Waals surface area contributed by atoms with Gasteiger partial charge in [-0.3, -0.25) is 19.9 Å². The Morgan fingerprint density at radius 1 is 1.43 bits per heavy atom. The van der Waals surface area contributed by atoms with Crippen molar-refractivity contribution in [1.29, 1.82) is 0 Å². The molecule has 4 amide bonds. The van der Waals surface area contributed by atoms with Gasteiger partial charge in [-0.25, -0.2) is 4.79 Å². The predicted octanol–water partition coefficient (Wildman–Crippen LogP) is 0.549. The van der Waals surface area contributed by atoms with Crippen LogP contribution in [0.25, 0.3) is 0 Å². The van der Waals surface area contributed by atoms with E-state index in [1.54, 1.807) is 6.07 Å². The van der Waals surface area contributed by atoms with Gasteiger partial charge in [0.05, 0.1) is 17.1 Å². The van der Waals surface area contributed by atoms with Crippen LogP contribution in [0.5, 0.6) is 0 Å². The van der Waals surface area contributed by atoms with E-state index in [4.69, 9.17) is 11.6 Å². The minimum atomic E-state index is -1.02. The lowest BCUT2D eigenvalue weighted by molar-refractivity contribution is -0.125. The van der Waals surface area contributed by atoms with Crippen molar-refractivity contribution in [2.75, 3.05) is 13.1 Å². The molecular weight excluding hydrogens is 296 g/mol. The van der Waals surface area contributed by atoms with Gasteiger partial charge >= 0.3 is 6.03 Å². The first-order valence-corrected chi connectivity index (χ1v) is 6.92. The van der Waals surface area contributed by atoms with E-state index in [0.29, 0.717) is 24.9 Å². The average Bonchev–Trinajstić information content (AvgIpc) is 2.72. The summed E-state index contributed by atoms with van der Waals surface area (Å²) in [4.78, 5) is 41.2. The summed E-state index contributed by atoms with van der Waals surface area (Å²) >= 11 is 5.98. The first kappa shape index (κ1) is 13.8. The lowest BCUT2D eigenvalue weighted by Gasteiger charge is -2.38. The summed E-state index contributed by atoms with van der Waals surface area (Å²) in [6.45, 7) is 0.657. The zero-order valence-corrected chi connectivity index (χ0v) is 11.8. The summed E-state index contributed by atoms with van der Waals surface area (Å²) in [7, 11) is 0. The molecule has 0 radical (unpaired) electrons. The maximum absolute atomic E-state index is 12.5. The topological polar surface area (TPSA) is 91.4 Å². The third-order valence-corrected chi connectivity index (χ3v) is 4.10. The predicted molar refractivity (Wildman–Crippen MR) is 73.8 cm³/mol. The molecule has 110 valence electrons. The van der Waals surface area contributed by atoms with Crippen LogP contribution in [0.1, 0.15) is 23.2 Å². The minimum Gasteiger partial charge on any atom is -0.336 e. The van der Waals surface area contributed by atoms with Crippen LogP contribution >= 0.6 is 11.6 Å². The van der Waals surface area contributed by atoms with Crippen LogP contribution in [0.4, 0.5) is 4.79 Å². The molecule has 2 aliphatic rings. The standard InChI is InChI=1S/C13H13ClN4O3/c14-9-6-15-4-2-8(9)10(19)18-5-1-3-13(7-18)11(20)16-12(21)17-13/h2,4,6H,1,3,5,7H2,(H2,16,17,20,21).